The Labute approximate surface area is 128 Å². The van der Waals surface area contributed by atoms with Gasteiger partial charge in [0, 0.05) is 11.6 Å². The van der Waals surface area contributed by atoms with Gasteiger partial charge in [0.1, 0.15) is 23.9 Å². The van der Waals surface area contributed by atoms with E-state index in [9.17, 15) is 4.39 Å². The van der Waals surface area contributed by atoms with E-state index in [4.69, 9.17) is 26.8 Å². The predicted molar refractivity (Wildman–Crippen MR) is 81.5 cm³/mol. The Bertz CT molecular complexity index is 619. The molecule has 0 bridgehead atoms. The lowest BCUT2D eigenvalue weighted by Gasteiger charge is -2.13. The molecule has 0 heterocycles. The molecule has 0 unspecified atom stereocenters. The van der Waals surface area contributed by atoms with Crippen molar-refractivity contribution in [2.45, 2.75) is 13.0 Å². The van der Waals surface area contributed by atoms with Crippen molar-refractivity contribution in [3.8, 4) is 11.5 Å². The molecule has 0 aromatic heterocycles. The molecule has 21 heavy (non-hydrogen) atoms. The molecular formula is C16H17ClFNO2. The van der Waals surface area contributed by atoms with Gasteiger partial charge in [-0.15, -0.1) is 0 Å². The molecule has 0 aliphatic carbocycles. The van der Waals surface area contributed by atoms with E-state index in [0.717, 1.165) is 11.1 Å². The molecule has 0 radical (unpaired) electrons. The normalized spacial score (nSPS) is 10.5. The number of benzene rings is 2. The van der Waals surface area contributed by atoms with Crippen LogP contribution in [-0.4, -0.2) is 13.7 Å². The second kappa shape index (κ2) is 7.29. The van der Waals surface area contributed by atoms with E-state index in [1.165, 1.54) is 12.1 Å². The predicted octanol–water partition coefficient (Wildman–Crippen LogP) is 3.57. The highest BCUT2D eigenvalue weighted by Gasteiger charge is 2.08. The van der Waals surface area contributed by atoms with Gasteiger partial charge in [-0.2, -0.15) is 0 Å². The van der Waals surface area contributed by atoms with Crippen LogP contribution in [0.2, 0.25) is 5.02 Å². The number of ether oxygens (including phenoxy) is 2. The van der Waals surface area contributed by atoms with Gasteiger partial charge in [-0.25, -0.2) is 4.39 Å². The molecule has 2 aromatic rings. The zero-order valence-electron chi connectivity index (χ0n) is 11.7. The number of halogens is 2. The first-order chi connectivity index (χ1) is 10.1. The number of hydrogen-bond acceptors (Lipinski definition) is 3. The lowest BCUT2D eigenvalue weighted by molar-refractivity contribution is 0.300. The van der Waals surface area contributed by atoms with E-state index in [0.29, 0.717) is 29.5 Å². The van der Waals surface area contributed by atoms with Crippen molar-refractivity contribution in [1.82, 2.24) is 0 Å². The van der Waals surface area contributed by atoms with Gasteiger partial charge in [-0.3, -0.25) is 0 Å². The van der Waals surface area contributed by atoms with Crippen LogP contribution in [-0.2, 0) is 13.0 Å². The molecule has 5 heteroatoms. The first-order valence-electron chi connectivity index (χ1n) is 6.57. The fourth-order valence-electron chi connectivity index (χ4n) is 1.95. The van der Waals surface area contributed by atoms with Crippen LogP contribution < -0.4 is 15.2 Å². The van der Waals surface area contributed by atoms with Crippen LogP contribution in [0.25, 0.3) is 0 Å². The molecule has 0 aliphatic heterocycles. The molecule has 2 aromatic carbocycles. The van der Waals surface area contributed by atoms with Crippen molar-refractivity contribution in [3.63, 3.8) is 0 Å². The van der Waals surface area contributed by atoms with Crippen LogP contribution >= 0.6 is 11.6 Å². The lowest BCUT2D eigenvalue weighted by Crippen LogP contribution is -2.06. The smallest absolute Gasteiger partial charge is 0.126 e. The van der Waals surface area contributed by atoms with Crippen molar-refractivity contribution in [3.05, 3.63) is 58.4 Å². The maximum absolute atomic E-state index is 13.0. The summed E-state index contributed by atoms with van der Waals surface area (Å²) in [5.74, 6) is 1.03. The molecule has 112 valence electrons. The van der Waals surface area contributed by atoms with Crippen LogP contribution in [0.15, 0.2) is 36.4 Å². The van der Waals surface area contributed by atoms with Crippen LogP contribution in [0.3, 0.4) is 0 Å². The molecule has 0 saturated carbocycles. The van der Waals surface area contributed by atoms with Crippen LogP contribution in [0.4, 0.5) is 4.39 Å². The van der Waals surface area contributed by atoms with Gasteiger partial charge in [0.05, 0.1) is 12.1 Å². The van der Waals surface area contributed by atoms with E-state index < -0.39 is 0 Å². The second-order valence-corrected chi connectivity index (χ2v) is 4.94. The van der Waals surface area contributed by atoms with Crippen molar-refractivity contribution in [2.24, 2.45) is 5.73 Å². The first kappa shape index (κ1) is 15.6. The Balaban J connectivity index is 2.17. The van der Waals surface area contributed by atoms with Gasteiger partial charge in [-0.1, -0.05) is 23.7 Å². The Kier molecular flexibility index (Phi) is 5.42. The SMILES string of the molecule is COc1ccc(CCN)c(OCc2ccc(F)cc2Cl)c1. The topological polar surface area (TPSA) is 44.5 Å². The van der Waals surface area contributed by atoms with E-state index in [1.807, 2.05) is 18.2 Å². The van der Waals surface area contributed by atoms with Gasteiger partial charge in [-0.05, 0) is 36.7 Å². The maximum atomic E-state index is 13.0. The highest BCUT2D eigenvalue weighted by molar-refractivity contribution is 6.31. The van der Waals surface area contributed by atoms with E-state index in [-0.39, 0.29) is 12.4 Å². The third-order valence-corrected chi connectivity index (χ3v) is 3.44. The third kappa shape index (κ3) is 4.09. The van der Waals surface area contributed by atoms with Gasteiger partial charge in [0.15, 0.2) is 0 Å². The van der Waals surface area contributed by atoms with Crippen molar-refractivity contribution in [1.29, 1.82) is 0 Å². The summed E-state index contributed by atoms with van der Waals surface area (Å²) in [6, 6.07) is 9.84. The largest absolute Gasteiger partial charge is 0.497 e. The first-order valence-corrected chi connectivity index (χ1v) is 6.95. The average molecular weight is 310 g/mol. The molecule has 0 amide bonds. The monoisotopic (exact) mass is 309 g/mol. The van der Waals surface area contributed by atoms with Crippen LogP contribution in [0, 0.1) is 5.82 Å². The Morgan fingerprint density at radius 3 is 2.57 bits per heavy atom. The summed E-state index contributed by atoms with van der Waals surface area (Å²) in [6.45, 7) is 0.782. The molecule has 2 rings (SSSR count). The lowest BCUT2D eigenvalue weighted by atomic mass is 10.1. The van der Waals surface area contributed by atoms with Gasteiger partial charge >= 0.3 is 0 Å². The van der Waals surface area contributed by atoms with Gasteiger partial charge < -0.3 is 15.2 Å². The average Bonchev–Trinajstić information content (AvgIpc) is 2.48. The quantitative estimate of drug-likeness (QED) is 0.887. The summed E-state index contributed by atoms with van der Waals surface area (Å²) < 4.78 is 24.0. The Morgan fingerprint density at radius 1 is 1.14 bits per heavy atom. The number of nitrogens with two attached hydrogens (primary N) is 1. The maximum Gasteiger partial charge on any atom is 0.126 e. The molecule has 0 atom stereocenters. The molecular weight excluding hydrogens is 293 g/mol. The summed E-state index contributed by atoms with van der Waals surface area (Å²) >= 11 is 5.99. The fraction of sp³-hybridized carbons (Fsp3) is 0.250. The number of hydrogen-bond donors (Lipinski definition) is 1. The van der Waals surface area contributed by atoms with Crippen molar-refractivity contribution in [2.75, 3.05) is 13.7 Å². The highest BCUT2D eigenvalue weighted by atomic mass is 35.5. The minimum absolute atomic E-state index is 0.254. The van der Waals surface area contributed by atoms with Crippen LogP contribution in [0.5, 0.6) is 11.5 Å². The number of methoxy groups -OCH3 is 1. The van der Waals surface area contributed by atoms with E-state index >= 15 is 0 Å². The minimum atomic E-state index is -0.367. The van der Waals surface area contributed by atoms with E-state index in [1.54, 1.807) is 13.2 Å². The standard InChI is InChI=1S/C16H17ClFNO2/c1-20-14-5-3-11(6-7-19)16(9-14)21-10-12-2-4-13(18)8-15(12)17/h2-5,8-9H,6-7,10,19H2,1H3. The van der Waals surface area contributed by atoms with Gasteiger partial charge in [0.25, 0.3) is 0 Å². The van der Waals surface area contributed by atoms with Crippen LogP contribution in [0.1, 0.15) is 11.1 Å². The van der Waals surface area contributed by atoms with Crippen molar-refractivity contribution >= 4 is 11.6 Å². The highest BCUT2D eigenvalue weighted by Crippen LogP contribution is 2.27. The Hall–Kier alpha value is -1.78. The third-order valence-electron chi connectivity index (χ3n) is 3.09. The summed E-state index contributed by atoms with van der Waals surface area (Å²) in [4.78, 5) is 0. The zero-order valence-corrected chi connectivity index (χ0v) is 12.5. The number of rotatable bonds is 6. The molecule has 0 fully saturated rings. The molecule has 0 aliphatic rings. The Morgan fingerprint density at radius 2 is 1.90 bits per heavy atom. The fourth-order valence-corrected chi connectivity index (χ4v) is 2.17. The van der Waals surface area contributed by atoms with E-state index in [2.05, 4.69) is 0 Å². The molecule has 2 N–H and O–H groups in total. The summed E-state index contributed by atoms with van der Waals surface area (Å²) in [6.07, 6.45) is 0.705. The molecule has 0 saturated heterocycles. The van der Waals surface area contributed by atoms with Crippen molar-refractivity contribution < 1.29 is 13.9 Å². The van der Waals surface area contributed by atoms with Gasteiger partial charge in [0.2, 0.25) is 0 Å². The zero-order chi connectivity index (χ0) is 15.2. The summed E-state index contributed by atoms with van der Waals surface area (Å²) in [5, 5.41) is 0.346. The minimum Gasteiger partial charge on any atom is -0.497 e. The summed E-state index contributed by atoms with van der Waals surface area (Å²) in [5.41, 5.74) is 7.32. The molecule has 3 nitrogen and oxygen atoms in total. The molecule has 0 spiro atoms. The summed E-state index contributed by atoms with van der Waals surface area (Å²) in [7, 11) is 1.60. The second-order valence-electron chi connectivity index (χ2n) is 4.54.